The van der Waals surface area contributed by atoms with Crippen LogP contribution in [0.15, 0.2) is 27.6 Å². The monoisotopic (exact) mass is 306 g/mol. The van der Waals surface area contributed by atoms with Crippen molar-refractivity contribution >= 4 is 21.6 Å². The molecule has 0 saturated heterocycles. The van der Waals surface area contributed by atoms with Gasteiger partial charge in [0.25, 0.3) is 5.56 Å². The number of fused-ring (bicyclic) bond motifs is 2. The summed E-state index contributed by atoms with van der Waals surface area (Å²) in [5, 5.41) is 0. The van der Waals surface area contributed by atoms with E-state index in [1.807, 2.05) is 12.1 Å². The molecule has 3 rings (SSSR count). The molecule has 94 valence electrons. The Bertz CT molecular complexity index is 648. The summed E-state index contributed by atoms with van der Waals surface area (Å²) < 4.78 is 2.62. The first kappa shape index (κ1) is 11.9. The molecule has 2 heterocycles. The molecule has 18 heavy (non-hydrogen) atoms. The maximum Gasteiger partial charge on any atom is 0.261 e. The quantitative estimate of drug-likeness (QED) is 0.749. The van der Waals surface area contributed by atoms with Gasteiger partial charge in [-0.05, 0) is 37.8 Å². The van der Waals surface area contributed by atoms with Gasteiger partial charge in [-0.15, -0.1) is 0 Å². The molecule has 1 aliphatic carbocycles. The molecule has 4 heteroatoms. The largest absolute Gasteiger partial charge is 0.269 e. The van der Waals surface area contributed by atoms with Crippen molar-refractivity contribution in [2.75, 3.05) is 0 Å². The van der Waals surface area contributed by atoms with Crippen LogP contribution in [0.1, 0.15) is 36.9 Å². The lowest BCUT2D eigenvalue weighted by molar-refractivity contribution is 0.603. The topological polar surface area (TPSA) is 34.4 Å². The number of halogens is 1. The Morgan fingerprint density at radius 1 is 1.17 bits per heavy atom. The summed E-state index contributed by atoms with van der Waals surface area (Å²) in [5.74, 6) is 0. The molecule has 0 amide bonds. The standard InChI is InChI=1S/C14H15BrN2O/c15-10-7-8-17-13(9-10)16-12-6-4-2-1-3-5-11(12)14(17)18/h7-9H,1-6H2. The van der Waals surface area contributed by atoms with Crippen molar-refractivity contribution in [3.8, 4) is 0 Å². The van der Waals surface area contributed by atoms with E-state index < -0.39 is 0 Å². The Morgan fingerprint density at radius 2 is 1.94 bits per heavy atom. The van der Waals surface area contributed by atoms with Crippen LogP contribution in [-0.2, 0) is 12.8 Å². The molecule has 0 fully saturated rings. The van der Waals surface area contributed by atoms with Gasteiger partial charge in [-0.2, -0.15) is 0 Å². The Kier molecular flexibility index (Phi) is 3.20. The van der Waals surface area contributed by atoms with Gasteiger partial charge in [-0.25, -0.2) is 4.98 Å². The summed E-state index contributed by atoms with van der Waals surface area (Å²) in [4.78, 5) is 17.1. The second kappa shape index (κ2) is 4.84. The first-order chi connectivity index (χ1) is 8.75. The van der Waals surface area contributed by atoms with Crippen LogP contribution in [0.2, 0.25) is 0 Å². The molecule has 0 bridgehead atoms. The van der Waals surface area contributed by atoms with E-state index in [1.165, 1.54) is 12.8 Å². The predicted octanol–water partition coefficient (Wildman–Crippen LogP) is 3.12. The minimum absolute atomic E-state index is 0.115. The fraction of sp³-hybridized carbons (Fsp3) is 0.429. The molecular weight excluding hydrogens is 292 g/mol. The van der Waals surface area contributed by atoms with Gasteiger partial charge >= 0.3 is 0 Å². The summed E-state index contributed by atoms with van der Waals surface area (Å²) in [7, 11) is 0. The molecule has 1 aliphatic rings. The zero-order chi connectivity index (χ0) is 12.5. The smallest absolute Gasteiger partial charge is 0.261 e. The fourth-order valence-corrected chi connectivity index (χ4v) is 2.92. The van der Waals surface area contributed by atoms with Gasteiger partial charge in [0.05, 0.1) is 5.69 Å². The van der Waals surface area contributed by atoms with E-state index >= 15 is 0 Å². The predicted molar refractivity (Wildman–Crippen MR) is 75.0 cm³/mol. The number of pyridine rings is 1. The van der Waals surface area contributed by atoms with Gasteiger partial charge in [0, 0.05) is 16.2 Å². The Labute approximate surface area is 114 Å². The van der Waals surface area contributed by atoms with E-state index in [2.05, 4.69) is 20.9 Å². The number of aryl methyl sites for hydroxylation is 1. The lowest BCUT2D eigenvalue weighted by Gasteiger charge is -2.13. The Balaban J connectivity index is 2.26. The van der Waals surface area contributed by atoms with E-state index in [9.17, 15) is 4.79 Å². The van der Waals surface area contributed by atoms with Gasteiger partial charge in [0.1, 0.15) is 5.65 Å². The summed E-state index contributed by atoms with van der Waals surface area (Å²) in [6, 6.07) is 3.78. The number of hydrogen-bond acceptors (Lipinski definition) is 2. The van der Waals surface area contributed by atoms with Crippen molar-refractivity contribution in [2.24, 2.45) is 0 Å². The first-order valence-corrected chi connectivity index (χ1v) is 7.25. The highest BCUT2D eigenvalue weighted by atomic mass is 79.9. The molecule has 0 aliphatic heterocycles. The molecule has 3 nitrogen and oxygen atoms in total. The molecule has 0 atom stereocenters. The SMILES string of the molecule is O=c1c2c(nc3cc(Br)ccn13)CCCCCC2. The molecule has 2 aromatic heterocycles. The third kappa shape index (κ3) is 2.09. The molecule has 2 aromatic rings. The van der Waals surface area contributed by atoms with Crippen LogP contribution in [-0.4, -0.2) is 9.38 Å². The second-order valence-electron chi connectivity index (χ2n) is 4.83. The lowest BCUT2D eigenvalue weighted by Crippen LogP contribution is -2.23. The highest BCUT2D eigenvalue weighted by Crippen LogP contribution is 2.18. The van der Waals surface area contributed by atoms with Crippen molar-refractivity contribution in [2.45, 2.75) is 38.5 Å². The number of hydrogen-bond donors (Lipinski definition) is 0. The highest BCUT2D eigenvalue weighted by molar-refractivity contribution is 9.10. The minimum atomic E-state index is 0.115. The summed E-state index contributed by atoms with van der Waals surface area (Å²) in [5.41, 5.74) is 2.80. The molecule has 0 saturated carbocycles. The Hall–Kier alpha value is -1.16. The van der Waals surface area contributed by atoms with Crippen LogP contribution in [0.4, 0.5) is 0 Å². The van der Waals surface area contributed by atoms with Crippen LogP contribution < -0.4 is 5.56 Å². The zero-order valence-electron chi connectivity index (χ0n) is 10.2. The van der Waals surface area contributed by atoms with Crippen LogP contribution in [0.3, 0.4) is 0 Å². The van der Waals surface area contributed by atoms with E-state index in [1.54, 1.807) is 10.6 Å². The summed E-state index contributed by atoms with van der Waals surface area (Å²) in [6.45, 7) is 0. The number of nitrogens with zero attached hydrogens (tertiary/aromatic N) is 2. The third-order valence-electron chi connectivity index (χ3n) is 3.56. The number of aromatic nitrogens is 2. The summed E-state index contributed by atoms with van der Waals surface area (Å²) >= 11 is 3.43. The van der Waals surface area contributed by atoms with Crippen LogP contribution in [0, 0.1) is 0 Å². The molecule has 0 unspecified atom stereocenters. The molecule has 0 radical (unpaired) electrons. The van der Waals surface area contributed by atoms with Gasteiger partial charge in [-0.1, -0.05) is 28.8 Å². The van der Waals surface area contributed by atoms with Crippen LogP contribution >= 0.6 is 15.9 Å². The maximum atomic E-state index is 12.5. The average Bonchev–Trinajstić information content (AvgIpc) is 2.31. The second-order valence-corrected chi connectivity index (χ2v) is 5.75. The van der Waals surface area contributed by atoms with E-state index in [-0.39, 0.29) is 5.56 Å². The van der Waals surface area contributed by atoms with Gasteiger partial charge in [0.15, 0.2) is 0 Å². The van der Waals surface area contributed by atoms with Gasteiger partial charge < -0.3 is 0 Å². The van der Waals surface area contributed by atoms with Crippen LogP contribution in [0.25, 0.3) is 5.65 Å². The highest BCUT2D eigenvalue weighted by Gasteiger charge is 2.14. The molecule has 0 spiro atoms. The fourth-order valence-electron chi connectivity index (χ4n) is 2.60. The van der Waals surface area contributed by atoms with E-state index in [0.717, 1.165) is 47.1 Å². The molecule has 0 aromatic carbocycles. The average molecular weight is 307 g/mol. The van der Waals surface area contributed by atoms with Gasteiger partial charge in [-0.3, -0.25) is 9.20 Å². The Morgan fingerprint density at radius 3 is 2.78 bits per heavy atom. The zero-order valence-corrected chi connectivity index (χ0v) is 11.7. The molecule has 0 N–H and O–H groups in total. The molecular formula is C14H15BrN2O. The van der Waals surface area contributed by atoms with Gasteiger partial charge in [0.2, 0.25) is 0 Å². The third-order valence-corrected chi connectivity index (χ3v) is 4.06. The normalized spacial score (nSPS) is 16.1. The van der Waals surface area contributed by atoms with E-state index in [0.29, 0.717) is 0 Å². The lowest BCUT2D eigenvalue weighted by atomic mass is 9.98. The van der Waals surface area contributed by atoms with Crippen molar-refractivity contribution in [3.63, 3.8) is 0 Å². The van der Waals surface area contributed by atoms with Crippen molar-refractivity contribution in [1.29, 1.82) is 0 Å². The first-order valence-electron chi connectivity index (χ1n) is 6.45. The summed E-state index contributed by atoms with van der Waals surface area (Å²) in [6.07, 6.45) is 8.33. The van der Waals surface area contributed by atoms with Crippen molar-refractivity contribution < 1.29 is 0 Å². The van der Waals surface area contributed by atoms with Crippen LogP contribution in [0.5, 0.6) is 0 Å². The number of rotatable bonds is 0. The van der Waals surface area contributed by atoms with Crippen molar-refractivity contribution in [3.05, 3.63) is 44.4 Å². The van der Waals surface area contributed by atoms with Crippen molar-refractivity contribution in [1.82, 2.24) is 9.38 Å². The maximum absolute atomic E-state index is 12.5. The minimum Gasteiger partial charge on any atom is -0.269 e. The van der Waals surface area contributed by atoms with E-state index in [4.69, 9.17) is 0 Å².